The SMILES string of the molecule is Cc1ncsc1C(=O)N1CCC(Oc2ncnc3c2c(C)c(C)n3C2CCCC2)CC1. The normalized spacial score (nSPS) is 18.2. The van der Waals surface area contributed by atoms with Gasteiger partial charge in [0, 0.05) is 37.7 Å². The molecule has 0 unspecified atom stereocenters. The summed E-state index contributed by atoms with van der Waals surface area (Å²) in [6.07, 6.45) is 8.30. The Hall–Kier alpha value is -2.48. The fraction of sp³-hybridized carbons (Fsp3) is 0.565. The predicted molar refractivity (Wildman–Crippen MR) is 121 cm³/mol. The van der Waals surface area contributed by atoms with Crippen LogP contribution in [0, 0.1) is 20.8 Å². The van der Waals surface area contributed by atoms with Crippen molar-refractivity contribution in [1.29, 1.82) is 0 Å². The summed E-state index contributed by atoms with van der Waals surface area (Å²) in [5.41, 5.74) is 6.04. The molecule has 0 aromatic carbocycles. The van der Waals surface area contributed by atoms with Crippen molar-refractivity contribution in [3.8, 4) is 5.88 Å². The quantitative estimate of drug-likeness (QED) is 0.593. The number of ether oxygens (including phenoxy) is 1. The number of fused-ring (bicyclic) bond motifs is 1. The lowest BCUT2D eigenvalue weighted by atomic mass is 10.1. The average Bonchev–Trinajstić information content (AvgIpc) is 3.50. The van der Waals surface area contributed by atoms with E-state index in [2.05, 4.69) is 33.4 Å². The zero-order chi connectivity index (χ0) is 21.5. The van der Waals surface area contributed by atoms with Gasteiger partial charge in [-0.2, -0.15) is 0 Å². The number of aromatic nitrogens is 4. The number of aryl methyl sites for hydroxylation is 2. The van der Waals surface area contributed by atoms with E-state index in [0.717, 1.165) is 34.4 Å². The van der Waals surface area contributed by atoms with Crippen molar-refractivity contribution < 1.29 is 9.53 Å². The van der Waals surface area contributed by atoms with Gasteiger partial charge in [0.2, 0.25) is 5.88 Å². The van der Waals surface area contributed by atoms with Gasteiger partial charge >= 0.3 is 0 Å². The summed E-state index contributed by atoms with van der Waals surface area (Å²) < 4.78 is 8.82. The first-order valence-electron chi connectivity index (χ1n) is 11.2. The number of carbonyl (C=O) groups excluding carboxylic acids is 1. The van der Waals surface area contributed by atoms with Gasteiger partial charge in [-0.3, -0.25) is 4.79 Å². The van der Waals surface area contributed by atoms with Crippen molar-refractivity contribution in [3.63, 3.8) is 0 Å². The molecular formula is C23H29N5O2S. The maximum Gasteiger partial charge on any atom is 0.265 e. The summed E-state index contributed by atoms with van der Waals surface area (Å²) in [6.45, 7) is 7.61. The van der Waals surface area contributed by atoms with Gasteiger partial charge in [-0.1, -0.05) is 12.8 Å². The van der Waals surface area contributed by atoms with E-state index in [1.54, 1.807) is 11.8 Å². The molecule has 1 saturated heterocycles. The van der Waals surface area contributed by atoms with Gasteiger partial charge in [0.1, 0.15) is 23.0 Å². The van der Waals surface area contributed by atoms with Crippen molar-refractivity contribution in [2.45, 2.75) is 71.4 Å². The van der Waals surface area contributed by atoms with Gasteiger partial charge in [-0.15, -0.1) is 11.3 Å². The van der Waals surface area contributed by atoms with Crippen LogP contribution in [0.3, 0.4) is 0 Å². The van der Waals surface area contributed by atoms with Crippen LogP contribution in [0.25, 0.3) is 11.0 Å². The van der Waals surface area contributed by atoms with E-state index in [1.165, 1.54) is 48.3 Å². The summed E-state index contributed by atoms with van der Waals surface area (Å²) in [5, 5.41) is 1.05. The Morgan fingerprint density at radius 3 is 2.48 bits per heavy atom. The Labute approximate surface area is 186 Å². The molecule has 0 atom stereocenters. The van der Waals surface area contributed by atoms with Crippen LogP contribution in [0.5, 0.6) is 5.88 Å². The molecule has 0 radical (unpaired) electrons. The lowest BCUT2D eigenvalue weighted by Gasteiger charge is -2.31. The third-order valence-electron chi connectivity index (χ3n) is 6.94. The fourth-order valence-electron chi connectivity index (χ4n) is 5.08. The monoisotopic (exact) mass is 439 g/mol. The van der Waals surface area contributed by atoms with Crippen molar-refractivity contribution in [3.05, 3.63) is 33.7 Å². The first kappa shape index (κ1) is 20.4. The number of hydrogen-bond donors (Lipinski definition) is 0. The summed E-state index contributed by atoms with van der Waals surface area (Å²) in [7, 11) is 0. The summed E-state index contributed by atoms with van der Waals surface area (Å²) in [5.74, 6) is 0.772. The lowest BCUT2D eigenvalue weighted by molar-refractivity contribution is 0.0594. The molecule has 31 heavy (non-hydrogen) atoms. The second kappa shape index (κ2) is 8.22. The van der Waals surface area contributed by atoms with Crippen LogP contribution in [-0.4, -0.2) is 49.5 Å². The zero-order valence-electron chi connectivity index (χ0n) is 18.4. The van der Waals surface area contributed by atoms with Crippen LogP contribution in [0.2, 0.25) is 0 Å². The molecule has 1 aliphatic heterocycles. The number of thiazole rings is 1. The van der Waals surface area contributed by atoms with Crippen molar-refractivity contribution in [2.75, 3.05) is 13.1 Å². The topological polar surface area (TPSA) is 73.1 Å². The van der Waals surface area contributed by atoms with Gasteiger partial charge in [0.05, 0.1) is 16.6 Å². The van der Waals surface area contributed by atoms with Gasteiger partial charge in [-0.25, -0.2) is 15.0 Å². The summed E-state index contributed by atoms with van der Waals surface area (Å²) >= 11 is 1.42. The van der Waals surface area contributed by atoms with Crippen LogP contribution >= 0.6 is 11.3 Å². The van der Waals surface area contributed by atoms with Gasteiger partial charge in [0.15, 0.2) is 0 Å². The Bertz CT molecular complexity index is 1110. The van der Waals surface area contributed by atoms with Crippen LogP contribution < -0.4 is 4.74 Å². The minimum atomic E-state index is 0.0549. The summed E-state index contributed by atoms with van der Waals surface area (Å²) in [6, 6.07) is 0.531. The van der Waals surface area contributed by atoms with E-state index in [1.807, 2.05) is 11.8 Å². The molecule has 164 valence electrons. The molecule has 4 heterocycles. The molecule has 1 amide bonds. The molecule has 2 aliphatic rings. The number of piperidine rings is 1. The molecule has 3 aromatic heterocycles. The van der Waals surface area contributed by atoms with E-state index in [4.69, 9.17) is 4.74 Å². The Balaban J connectivity index is 1.33. The molecular weight excluding hydrogens is 410 g/mol. The second-order valence-electron chi connectivity index (χ2n) is 8.77. The molecule has 0 N–H and O–H groups in total. The van der Waals surface area contributed by atoms with Gasteiger partial charge < -0.3 is 14.2 Å². The third kappa shape index (κ3) is 3.60. The number of hydrogen-bond acceptors (Lipinski definition) is 6. The highest BCUT2D eigenvalue weighted by Gasteiger charge is 2.29. The van der Waals surface area contributed by atoms with Crippen LogP contribution in [0.4, 0.5) is 0 Å². The molecule has 0 bridgehead atoms. The molecule has 2 fully saturated rings. The highest BCUT2D eigenvalue weighted by atomic mass is 32.1. The van der Waals surface area contributed by atoms with Crippen molar-refractivity contribution in [1.82, 2.24) is 24.4 Å². The third-order valence-corrected chi connectivity index (χ3v) is 7.85. The predicted octanol–water partition coefficient (Wildman–Crippen LogP) is 4.61. The number of nitrogens with zero attached hydrogens (tertiary/aromatic N) is 5. The average molecular weight is 440 g/mol. The Kier molecular flexibility index (Phi) is 5.42. The largest absolute Gasteiger partial charge is 0.474 e. The van der Waals surface area contributed by atoms with E-state index in [9.17, 15) is 4.79 Å². The van der Waals surface area contributed by atoms with Crippen molar-refractivity contribution in [2.24, 2.45) is 0 Å². The van der Waals surface area contributed by atoms with E-state index < -0.39 is 0 Å². The molecule has 1 aliphatic carbocycles. The molecule has 5 rings (SSSR count). The summed E-state index contributed by atoms with van der Waals surface area (Å²) in [4.78, 5) is 28.8. The fourth-order valence-corrected chi connectivity index (χ4v) is 5.85. The maximum atomic E-state index is 12.8. The van der Waals surface area contributed by atoms with E-state index >= 15 is 0 Å². The Morgan fingerprint density at radius 2 is 1.81 bits per heavy atom. The molecule has 7 nitrogen and oxygen atoms in total. The van der Waals surface area contributed by atoms with Crippen LogP contribution in [0.1, 0.15) is 71.2 Å². The molecule has 3 aromatic rings. The first-order valence-corrected chi connectivity index (χ1v) is 12.1. The van der Waals surface area contributed by atoms with Crippen LogP contribution in [-0.2, 0) is 0 Å². The van der Waals surface area contributed by atoms with E-state index in [-0.39, 0.29) is 12.0 Å². The first-order chi connectivity index (χ1) is 15.0. The molecule has 8 heteroatoms. The Morgan fingerprint density at radius 1 is 1.06 bits per heavy atom. The second-order valence-corrected chi connectivity index (χ2v) is 9.63. The highest BCUT2D eigenvalue weighted by molar-refractivity contribution is 7.11. The maximum absolute atomic E-state index is 12.8. The number of carbonyl (C=O) groups is 1. The minimum absolute atomic E-state index is 0.0549. The smallest absolute Gasteiger partial charge is 0.265 e. The van der Waals surface area contributed by atoms with Gasteiger partial charge in [-0.05, 0) is 39.2 Å². The number of likely N-dealkylation sites (tertiary alicyclic amines) is 1. The molecule has 1 saturated carbocycles. The number of amides is 1. The van der Waals surface area contributed by atoms with Crippen LogP contribution in [0.15, 0.2) is 11.8 Å². The zero-order valence-corrected chi connectivity index (χ0v) is 19.2. The lowest BCUT2D eigenvalue weighted by Crippen LogP contribution is -2.41. The number of rotatable bonds is 4. The molecule has 0 spiro atoms. The van der Waals surface area contributed by atoms with Crippen molar-refractivity contribution >= 4 is 28.3 Å². The minimum Gasteiger partial charge on any atom is -0.474 e. The van der Waals surface area contributed by atoms with Gasteiger partial charge in [0.25, 0.3) is 5.91 Å². The highest BCUT2D eigenvalue weighted by Crippen LogP contribution is 2.38. The standard InChI is InChI=1S/C23H29N5O2S/c1-14-16(3)28(17-6-4-5-7-17)21-19(14)22(25-12-24-21)30-18-8-10-27(11-9-18)23(29)20-15(2)26-13-31-20/h12-13,17-18H,4-11H2,1-3H3. The van der Waals surface area contributed by atoms with E-state index in [0.29, 0.717) is 25.0 Å².